The first-order valence-corrected chi connectivity index (χ1v) is 7.85. The van der Waals surface area contributed by atoms with E-state index in [1.165, 1.54) is 23.6 Å². The molecular formula is C16H12F2N4OS. The van der Waals surface area contributed by atoms with Gasteiger partial charge in [0.1, 0.15) is 23.0 Å². The standard InChI is InChI=1S/C16H12F2N4OS/c17-10-3-1-4-11(18)14(10)22-16(23)21-9-12-15(20-7-6-19-12)13-5-2-8-24-13/h1-8H,9H2,(H2,21,22,23). The Kier molecular flexibility index (Phi) is 4.76. The van der Waals surface area contributed by atoms with Crippen LogP contribution in [0.5, 0.6) is 0 Å². The molecule has 0 unspecified atom stereocenters. The van der Waals surface area contributed by atoms with Gasteiger partial charge >= 0.3 is 6.03 Å². The molecule has 0 aliphatic heterocycles. The number of amides is 2. The smallest absolute Gasteiger partial charge is 0.319 e. The Hall–Kier alpha value is -2.87. The van der Waals surface area contributed by atoms with Crippen molar-refractivity contribution in [3.63, 3.8) is 0 Å². The molecule has 24 heavy (non-hydrogen) atoms. The fourth-order valence-electron chi connectivity index (χ4n) is 2.05. The van der Waals surface area contributed by atoms with Gasteiger partial charge in [-0.2, -0.15) is 0 Å². The largest absolute Gasteiger partial charge is 0.332 e. The van der Waals surface area contributed by atoms with Gasteiger partial charge in [0.05, 0.1) is 17.1 Å². The number of carbonyl (C=O) groups excluding carboxylic acids is 1. The molecule has 0 radical (unpaired) electrons. The molecule has 0 fully saturated rings. The molecule has 0 atom stereocenters. The van der Waals surface area contributed by atoms with E-state index in [1.54, 1.807) is 6.20 Å². The van der Waals surface area contributed by atoms with Gasteiger partial charge in [-0.15, -0.1) is 11.3 Å². The SMILES string of the molecule is O=C(NCc1nccnc1-c1cccs1)Nc1c(F)cccc1F. The molecule has 3 rings (SSSR count). The summed E-state index contributed by atoms with van der Waals surface area (Å²) < 4.78 is 27.0. The van der Waals surface area contributed by atoms with E-state index in [0.29, 0.717) is 11.4 Å². The lowest BCUT2D eigenvalue weighted by Gasteiger charge is -2.10. The number of nitrogens with zero attached hydrogens (tertiary/aromatic N) is 2. The van der Waals surface area contributed by atoms with Crippen LogP contribution in [-0.4, -0.2) is 16.0 Å². The van der Waals surface area contributed by atoms with Gasteiger partial charge in [0.25, 0.3) is 0 Å². The number of hydrogen-bond donors (Lipinski definition) is 2. The van der Waals surface area contributed by atoms with Crippen LogP contribution in [0.15, 0.2) is 48.1 Å². The van der Waals surface area contributed by atoms with Crippen LogP contribution in [0.3, 0.4) is 0 Å². The van der Waals surface area contributed by atoms with Crippen molar-refractivity contribution < 1.29 is 13.6 Å². The van der Waals surface area contributed by atoms with E-state index in [9.17, 15) is 13.6 Å². The fourth-order valence-corrected chi connectivity index (χ4v) is 2.80. The van der Waals surface area contributed by atoms with Crippen molar-refractivity contribution in [3.8, 4) is 10.6 Å². The van der Waals surface area contributed by atoms with Gasteiger partial charge in [0.15, 0.2) is 0 Å². The van der Waals surface area contributed by atoms with Crippen LogP contribution >= 0.6 is 11.3 Å². The highest BCUT2D eigenvalue weighted by Crippen LogP contribution is 2.24. The summed E-state index contributed by atoms with van der Waals surface area (Å²) in [5, 5.41) is 6.59. The van der Waals surface area contributed by atoms with E-state index < -0.39 is 23.4 Å². The van der Waals surface area contributed by atoms with Gasteiger partial charge in [-0.3, -0.25) is 9.97 Å². The molecule has 0 aliphatic rings. The fraction of sp³-hybridized carbons (Fsp3) is 0.0625. The number of thiophene rings is 1. The molecule has 0 saturated heterocycles. The van der Waals surface area contributed by atoms with Crippen molar-refractivity contribution in [1.29, 1.82) is 0 Å². The van der Waals surface area contributed by atoms with Crippen molar-refractivity contribution in [2.75, 3.05) is 5.32 Å². The van der Waals surface area contributed by atoms with Crippen LogP contribution in [0.25, 0.3) is 10.6 Å². The van der Waals surface area contributed by atoms with Crippen molar-refractivity contribution in [2.24, 2.45) is 0 Å². The highest BCUT2D eigenvalue weighted by Gasteiger charge is 2.13. The molecule has 0 saturated carbocycles. The second-order valence-electron chi connectivity index (χ2n) is 4.73. The van der Waals surface area contributed by atoms with E-state index in [0.717, 1.165) is 17.0 Å². The van der Waals surface area contributed by atoms with Crippen LogP contribution < -0.4 is 10.6 Å². The normalized spacial score (nSPS) is 10.4. The summed E-state index contributed by atoms with van der Waals surface area (Å²) in [4.78, 5) is 21.3. The molecule has 0 aliphatic carbocycles. The lowest BCUT2D eigenvalue weighted by Crippen LogP contribution is -2.29. The maximum Gasteiger partial charge on any atom is 0.319 e. The highest BCUT2D eigenvalue weighted by molar-refractivity contribution is 7.13. The predicted octanol–water partition coefficient (Wildman–Crippen LogP) is 3.81. The Morgan fingerprint density at radius 1 is 1.08 bits per heavy atom. The number of anilines is 1. The van der Waals surface area contributed by atoms with Crippen LogP contribution in [0.1, 0.15) is 5.69 Å². The number of nitrogens with one attached hydrogen (secondary N) is 2. The quantitative estimate of drug-likeness (QED) is 0.755. The summed E-state index contributed by atoms with van der Waals surface area (Å²) in [6, 6.07) is 6.40. The summed E-state index contributed by atoms with van der Waals surface area (Å²) in [5.74, 6) is -1.69. The number of para-hydroxylation sites is 1. The number of benzene rings is 1. The summed E-state index contributed by atoms with van der Waals surface area (Å²) in [6.07, 6.45) is 3.08. The number of urea groups is 1. The van der Waals surface area contributed by atoms with Gasteiger partial charge in [0, 0.05) is 12.4 Å². The Morgan fingerprint density at radius 2 is 1.83 bits per heavy atom. The van der Waals surface area contributed by atoms with Gasteiger partial charge in [-0.25, -0.2) is 13.6 Å². The third-order valence-electron chi connectivity index (χ3n) is 3.15. The topological polar surface area (TPSA) is 66.9 Å². The monoisotopic (exact) mass is 346 g/mol. The minimum absolute atomic E-state index is 0.0724. The minimum Gasteiger partial charge on any atom is -0.332 e. The van der Waals surface area contributed by atoms with Crippen molar-refractivity contribution in [3.05, 3.63) is 65.4 Å². The Labute approximate surface area is 140 Å². The average molecular weight is 346 g/mol. The van der Waals surface area contributed by atoms with Gasteiger partial charge in [-0.1, -0.05) is 12.1 Å². The Balaban J connectivity index is 1.69. The summed E-state index contributed by atoms with van der Waals surface area (Å²) in [6.45, 7) is 0.0724. The molecule has 8 heteroatoms. The lowest BCUT2D eigenvalue weighted by atomic mass is 10.2. The molecule has 122 valence electrons. The second-order valence-corrected chi connectivity index (χ2v) is 5.68. The first kappa shape index (κ1) is 16.0. The molecule has 2 aromatic heterocycles. The number of halogens is 2. The molecule has 1 aromatic carbocycles. The average Bonchev–Trinajstić information content (AvgIpc) is 3.11. The molecule has 0 spiro atoms. The van der Waals surface area contributed by atoms with E-state index >= 15 is 0 Å². The van der Waals surface area contributed by atoms with Crippen LogP contribution in [0, 0.1) is 11.6 Å². The predicted molar refractivity (Wildman–Crippen MR) is 87.6 cm³/mol. The van der Waals surface area contributed by atoms with Crippen molar-refractivity contribution in [2.45, 2.75) is 6.54 Å². The zero-order valence-electron chi connectivity index (χ0n) is 12.3. The third kappa shape index (κ3) is 3.54. The lowest BCUT2D eigenvalue weighted by molar-refractivity contribution is 0.251. The van der Waals surface area contributed by atoms with Crippen molar-refractivity contribution in [1.82, 2.24) is 15.3 Å². The maximum atomic E-state index is 13.5. The molecule has 5 nitrogen and oxygen atoms in total. The number of aromatic nitrogens is 2. The Morgan fingerprint density at radius 3 is 2.54 bits per heavy atom. The maximum absolute atomic E-state index is 13.5. The van der Waals surface area contributed by atoms with Crippen LogP contribution in [0.2, 0.25) is 0 Å². The van der Waals surface area contributed by atoms with Gasteiger partial charge in [-0.05, 0) is 23.6 Å². The summed E-state index contributed by atoms with van der Waals surface area (Å²) >= 11 is 1.50. The van der Waals surface area contributed by atoms with Gasteiger partial charge in [0.2, 0.25) is 0 Å². The second kappa shape index (κ2) is 7.14. The van der Waals surface area contributed by atoms with E-state index in [4.69, 9.17) is 0 Å². The van der Waals surface area contributed by atoms with E-state index in [1.807, 2.05) is 17.5 Å². The molecule has 0 bridgehead atoms. The third-order valence-corrected chi connectivity index (χ3v) is 4.02. The molecule has 2 N–H and O–H groups in total. The van der Waals surface area contributed by atoms with E-state index in [-0.39, 0.29) is 6.54 Å². The summed E-state index contributed by atoms with van der Waals surface area (Å²) in [7, 11) is 0. The summed E-state index contributed by atoms with van der Waals surface area (Å²) in [5.41, 5.74) is 0.724. The van der Waals surface area contributed by atoms with Crippen LogP contribution in [-0.2, 0) is 6.54 Å². The number of carbonyl (C=O) groups is 1. The first-order chi connectivity index (χ1) is 11.6. The minimum atomic E-state index is -0.844. The zero-order chi connectivity index (χ0) is 16.9. The number of rotatable bonds is 4. The van der Waals surface area contributed by atoms with Gasteiger partial charge < -0.3 is 10.6 Å². The highest BCUT2D eigenvalue weighted by atomic mass is 32.1. The molecular weight excluding hydrogens is 334 g/mol. The zero-order valence-corrected chi connectivity index (χ0v) is 13.1. The first-order valence-electron chi connectivity index (χ1n) is 6.98. The molecule has 2 heterocycles. The Bertz CT molecular complexity index is 835. The molecule has 2 amide bonds. The van der Waals surface area contributed by atoms with E-state index in [2.05, 4.69) is 20.6 Å². The molecule has 3 aromatic rings. The van der Waals surface area contributed by atoms with Crippen molar-refractivity contribution >= 4 is 23.1 Å². The number of hydrogen-bond acceptors (Lipinski definition) is 4. The van der Waals surface area contributed by atoms with Crippen LogP contribution in [0.4, 0.5) is 19.3 Å².